The number of piperazine rings is 1. The predicted molar refractivity (Wildman–Crippen MR) is 75.4 cm³/mol. The van der Waals surface area contributed by atoms with E-state index in [-0.39, 0.29) is 11.9 Å². The van der Waals surface area contributed by atoms with E-state index in [9.17, 15) is 4.79 Å². The average Bonchev–Trinajstić information content (AvgIpc) is 2.25. The van der Waals surface area contributed by atoms with Gasteiger partial charge in [-0.25, -0.2) is 0 Å². The van der Waals surface area contributed by atoms with Crippen LogP contribution in [0.1, 0.15) is 40.5 Å². The molecule has 4 heteroatoms. The summed E-state index contributed by atoms with van der Waals surface area (Å²) in [6, 6.07) is -0.0311. The molecule has 1 aliphatic rings. The van der Waals surface area contributed by atoms with Crippen molar-refractivity contribution in [1.82, 2.24) is 9.80 Å². The summed E-state index contributed by atoms with van der Waals surface area (Å²) in [6.45, 7) is 13.6. The van der Waals surface area contributed by atoms with Crippen LogP contribution in [0.15, 0.2) is 0 Å². The highest BCUT2D eigenvalue weighted by Gasteiger charge is 2.22. The Kier molecular flexibility index (Phi) is 5.60. The van der Waals surface area contributed by atoms with E-state index in [2.05, 4.69) is 25.7 Å². The van der Waals surface area contributed by atoms with Gasteiger partial charge in [-0.2, -0.15) is 0 Å². The highest BCUT2D eigenvalue weighted by molar-refractivity contribution is 5.76. The molecule has 1 atom stereocenters. The average molecular weight is 255 g/mol. The molecule has 0 aromatic rings. The molecule has 0 aromatic heterocycles. The standard InChI is InChI=1S/C14H29N3O/c1-12(15)11-13(18)17-9-7-16(8-10-17)6-5-14(2,3)4/h12H,5-11,15H2,1-4H3. The van der Waals surface area contributed by atoms with Gasteiger partial charge in [0, 0.05) is 38.6 Å². The van der Waals surface area contributed by atoms with Crippen LogP contribution in [0.5, 0.6) is 0 Å². The largest absolute Gasteiger partial charge is 0.340 e. The van der Waals surface area contributed by atoms with E-state index < -0.39 is 0 Å². The molecule has 1 amide bonds. The van der Waals surface area contributed by atoms with Crippen LogP contribution in [0.3, 0.4) is 0 Å². The molecule has 0 bridgehead atoms. The van der Waals surface area contributed by atoms with Gasteiger partial charge in [0.05, 0.1) is 0 Å². The fraction of sp³-hybridized carbons (Fsp3) is 0.929. The third kappa shape index (κ3) is 5.83. The summed E-state index contributed by atoms with van der Waals surface area (Å²) in [7, 11) is 0. The molecule has 1 unspecified atom stereocenters. The molecule has 1 saturated heterocycles. The first-order chi connectivity index (χ1) is 8.28. The Bertz CT molecular complexity index is 263. The first-order valence-electron chi connectivity index (χ1n) is 7.03. The lowest BCUT2D eigenvalue weighted by Gasteiger charge is -2.36. The highest BCUT2D eigenvalue weighted by Crippen LogP contribution is 2.19. The van der Waals surface area contributed by atoms with E-state index >= 15 is 0 Å². The van der Waals surface area contributed by atoms with Crippen LogP contribution in [0.4, 0.5) is 0 Å². The SMILES string of the molecule is CC(N)CC(=O)N1CCN(CCC(C)(C)C)CC1. The van der Waals surface area contributed by atoms with Crippen molar-refractivity contribution in [3.8, 4) is 0 Å². The summed E-state index contributed by atoms with van der Waals surface area (Å²) in [5, 5.41) is 0. The van der Waals surface area contributed by atoms with Crippen molar-refractivity contribution in [2.24, 2.45) is 11.1 Å². The molecular weight excluding hydrogens is 226 g/mol. The van der Waals surface area contributed by atoms with Crippen LogP contribution in [-0.2, 0) is 4.79 Å². The summed E-state index contributed by atoms with van der Waals surface area (Å²) < 4.78 is 0. The maximum absolute atomic E-state index is 11.9. The van der Waals surface area contributed by atoms with Crippen molar-refractivity contribution in [2.75, 3.05) is 32.7 Å². The second-order valence-electron chi connectivity index (χ2n) is 6.71. The van der Waals surface area contributed by atoms with Gasteiger partial charge in [-0.3, -0.25) is 9.69 Å². The predicted octanol–water partition coefficient (Wildman–Crippen LogP) is 1.30. The van der Waals surface area contributed by atoms with Crippen molar-refractivity contribution in [1.29, 1.82) is 0 Å². The molecule has 18 heavy (non-hydrogen) atoms. The Morgan fingerprint density at radius 3 is 2.22 bits per heavy atom. The van der Waals surface area contributed by atoms with E-state index in [4.69, 9.17) is 5.73 Å². The van der Waals surface area contributed by atoms with Crippen LogP contribution in [0.2, 0.25) is 0 Å². The third-order valence-corrected chi connectivity index (χ3v) is 3.40. The van der Waals surface area contributed by atoms with Gasteiger partial charge in [-0.15, -0.1) is 0 Å². The monoisotopic (exact) mass is 255 g/mol. The molecule has 0 spiro atoms. The Labute approximate surface area is 111 Å². The number of nitrogens with two attached hydrogens (primary N) is 1. The van der Waals surface area contributed by atoms with Gasteiger partial charge >= 0.3 is 0 Å². The highest BCUT2D eigenvalue weighted by atomic mass is 16.2. The lowest BCUT2D eigenvalue weighted by molar-refractivity contribution is -0.133. The van der Waals surface area contributed by atoms with Crippen LogP contribution in [-0.4, -0.2) is 54.5 Å². The zero-order valence-electron chi connectivity index (χ0n) is 12.4. The summed E-state index contributed by atoms with van der Waals surface area (Å²) in [4.78, 5) is 16.3. The summed E-state index contributed by atoms with van der Waals surface area (Å²) >= 11 is 0. The fourth-order valence-electron chi connectivity index (χ4n) is 2.12. The lowest BCUT2D eigenvalue weighted by atomic mass is 9.92. The molecule has 1 fully saturated rings. The van der Waals surface area contributed by atoms with Crippen LogP contribution in [0.25, 0.3) is 0 Å². The van der Waals surface area contributed by atoms with Crippen molar-refractivity contribution in [3.05, 3.63) is 0 Å². The Morgan fingerprint density at radius 2 is 1.78 bits per heavy atom. The molecule has 0 aliphatic carbocycles. The first-order valence-corrected chi connectivity index (χ1v) is 7.03. The van der Waals surface area contributed by atoms with Crippen molar-refractivity contribution >= 4 is 5.91 Å². The topological polar surface area (TPSA) is 49.6 Å². The molecule has 2 N–H and O–H groups in total. The Balaban J connectivity index is 2.26. The van der Waals surface area contributed by atoms with E-state index in [1.807, 2.05) is 11.8 Å². The van der Waals surface area contributed by atoms with Crippen molar-refractivity contribution in [2.45, 2.75) is 46.6 Å². The quantitative estimate of drug-likeness (QED) is 0.824. The maximum Gasteiger partial charge on any atom is 0.224 e. The molecule has 1 rings (SSSR count). The molecule has 0 saturated carbocycles. The molecule has 0 radical (unpaired) electrons. The van der Waals surface area contributed by atoms with E-state index in [0.717, 1.165) is 32.7 Å². The molecule has 1 aliphatic heterocycles. The first kappa shape index (κ1) is 15.4. The summed E-state index contributed by atoms with van der Waals surface area (Å²) in [5.41, 5.74) is 6.06. The number of amides is 1. The second kappa shape index (κ2) is 6.53. The van der Waals surface area contributed by atoms with Gasteiger partial charge in [0.15, 0.2) is 0 Å². The molecular formula is C14H29N3O. The number of carbonyl (C=O) groups is 1. The van der Waals surface area contributed by atoms with Crippen LogP contribution < -0.4 is 5.73 Å². The number of nitrogens with zero attached hydrogens (tertiary/aromatic N) is 2. The zero-order valence-corrected chi connectivity index (χ0v) is 12.4. The minimum atomic E-state index is -0.0311. The maximum atomic E-state index is 11.9. The van der Waals surface area contributed by atoms with E-state index in [0.29, 0.717) is 11.8 Å². The van der Waals surface area contributed by atoms with E-state index in [1.54, 1.807) is 0 Å². The van der Waals surface area contributed by atoms with E-state index in [1.165, 1.54) is 6.42 Å². The molecule has 0 aromatic carbocycles. The van der Waals surface area contributed by atoms with Gasteiger partial charge in [0.2, 0.25) is 5.91 Å². The second-order valence-corrected chi connectivity index (χ2v) is 6.71. The normalized spacial score (nSPS) is 19.9. The number of hydrogen-bond acceptors (Lipinski definition) is 3. The van der Waals surface area contributed by atoms with Gasteiger partial charge in [0.1, 0.15) is 0 Å². The smallest absolute Gasteiger partial charge is 0.224 e. The van der Waals surface area contributed by atoms with Crippen LogP contribution >= 0.6 is 0 Å². The fourth-order valence-corrected chi connectivity index (χ4v) is 2.12. The third-order valence-electron chi connectivity index (χ3n) is 3.40. The minimum absolute atomic E-state index is 0.0311. The Morgan fingerprint density at radius 1 is 1.22 bits per heavy atom. The van der Waals surface area contributed by atoms with Crippen molar-refractivity contribution < 1.29 is 4.79 Å². The number of carbonyl (C=O) groups excluding carboxylic acids is 1. The molecule has 1 heterocycles. The minimum Gasteiger partial charge on any atom is -0.340 e. The summed E-state index contributed by atoms with van der Waals surface area (Å²) in [5.74, 6) is 0.209. The molecule has 106 valence electrons. The van der Waals surface area contributed by atoms with Gasteiger partial charge in [0.25, 0.3) is 0 Å². The summed E-state index contributed by atoms with van der Waals surface area (Å²) in [6.07, 6.45) is 1.68. The number of rotatable bonds is 4. The van der Waals surface area contributed by atoms with Gasteiger partial charge in [-0.05, 0) is 25.3 Å². The van der Waals surface area contributed by atoms with Gasteiger partial charge in [-0.1, -0.05) is 20.8 Å². The lowest BCUT2D eigenvalue weighted by Crippen LogP contribution is -2.49. The van der Waals surface area contributed by atoms with Gasteiger partial charge < -0.3 is 10.6 Å². The van der Waals surface area contributed by atoms with Crippen molar-refractivity contribution in [3.63, 3.8) is 0 Å². The molecule has 4 nitrogen and oxygen atoms in total. The van der Waals surface area contributed by atoms with Crippen LogP contribution in [0, 0.1) is 5.41 Å². The Hall–Kier alpha value is -0.610. The number of hydrogen-bond donors (Lipinski definition) is 1. The zero-order chi connectivity index (χ0) is 13.8.